The number of amides is 1. The van der Waals surface area contributed by atoms with E-state index in [9.17, 15) is 4.79 Å². The van der Waals surface area contributed by atoms with Gasteiger partial charge in [-0.1, -0.05) is 18.2 Å². The van der Waals surface area contributed by atoms with Crippen molar-refractivity contribution in [3.05, 3.63) is 35.4 Å². The van der Waals surface area contributed by atoms with Gasteiger partial charge in [0.2, 0.25) is 0 Å². The quantitative estimate of drug-likeness (QED) is 0.891. The maximum absolute atomic E-state index is 12.2. The molecule has 0 saturated carbocycles. The fourth-order valence-electron chi connectivity index (χ4n) is 2.40. The van der Waals surface area contributed by atoms with E-state index >= 15 is 0 Å². The van der Waals surface area contributed by atoms with Gasteiger partial charge in [-0.2, -0.15) is 0 Å². The van der Waals surface area contributed by atoms with Gasteiger partial charge in [-0.05, 0) is 32.5 Å². The molecule has 1 saturated heterocycles. The Morgan fingerprint density at radius 3 is 2.47 bits per heavy atom. The molecule has 0 radical (unpaired) electrons. The van der Waals surface area contributed by atoms with E-state index in [1.807, 2.05) is 31.2 Å². The summed E-state index contributed by atoms with van der Waals surface area (Å²) in [7, 11) is 2.13. The van der Waals surface area contributed by atoms with Crippen LogP contribution in [0.2, 0.25) is 0 Å². The van der Waals surface area contributed by atoms with E-state index < -0.39 is 0 Å². The van der Waals surface area contributed by atoms with Crippen molar-refractivity contribution in [2.75, 3.05) is 33.2 Å². The number of nitrogens with one attached hydrogen (secondary N) is 1. The summed E-state index contributed by atoms with van der Waals surface area (Å²) in [6.07, 6.45) is 0.0841. The third-order valence-corrected chi connectivity index (χ3v) is 3.82. The number of carbonyl (C=O) groups excluding carboxylic acids is 1. The molecule has 1 aliphatic rings. The zero-order valence-electron chi connectivity index (χ0n) is 12.0. The minimum Gasteiger partial charge on any atom is -0.337 e. The van der Waals surface area contributed by atoms with Crippen LogP contribution in [0, 0.1) is 6.92 Å². The van der Waals surface area contributed by atoms with Gasteiger partial charge in [0.15, 0.2) is 0 Å². The molecule has 1 aromatic carbocycles. The van der Waals surface area contributed by atoms with Gasteiger partial charge in [-0.3, -0.25) is 9.69 Å². The molecule has 1 unspecified atom stereocenters. The molecule has 1 aliphatic heterocycles. The molecule has 1 aromatic rings. The highest BCUT2D eigenvalue weighted by Crippen LogP contribution is 2.08. The molecule has 1 atom stereocenters. The van der Waals surface area contributed by atoms with Crippen LogP contribution >= 0.6 is 0 Å². The summed E-state index contributed by atoms with van der Waals surface area (Å²) >= 11 is 0. The Morgan fingerprint density at radius 2 is 1.84 bits per heavy atom. The largest absolute Gasteiger partial charge is 0.337 e. The first-order chi connectivity index (χ1) is 9.08. The van der Waals surface area contributed by atoms with Gasteiger partial charge >= 0.3 is 0 Å². The number of nitrogens with zero attached hydrogens (tertiary/aromatic N) is 2. The standard InChI is InChI=1S/C15H23N3O/c1-12-6-4-5-7-14(12)15(19)16-13(2)18-10-8-17(3)9-11-18/h4-7,13H,8-11H2,1-3H3,(H,16,19). The molecule has 0 aliphatic carbocycles. The first-order valence-electron chi connectivity index (χ1n) is 6.87. The average Bonchev–Trinajstić information content (AvgIpc) is 2.39. The molecular weight excluding hydrogens is 238 g/mol. The van der Waals surface area contributed by atoms with E-state index in [1.54, 1.807) is 0 Å². The van der Waals surface area contributed by atoms with Gasteiger partial charge in [0.05, 0.1) is 6.17 Å². The van der Waals surface area contributed by atoms with Crippen LogP contribution < -0.4 is 5.32 Å². The van der Waals surface area contributed by atoms with E-state index in [0.717, 1.165) is 37.3 Å². The Kier molecular flexibility index (Phi) is 4.56. The van der Waals surface area contributed by atoms with Gasteiger partial charge < -0.3 is 10.2 Å². The van der Waals surface area contributed by atoms with Crippen molar-refractivity contribution in [2.24, 2.45) is 0 Å². The predicted molar refractivity (Wildman–Crippen MR) is 77.2 cm³/mol. The summed E-state index contributed by atoms with van der Waals surface area (Å²) < 4.78 is 0. The second kappa shape index (κ2) is 6.17. The van der Waals surface area contributed by atoms with Crippen LogP contribution in [0.5, 0.6) is 0 Å². The number of benzene rings is 1. The summed E-state index contributed by atoms with van der Waals surface area (Å²) in [5, 5.41) is 3.09. The summed E-state index contributed by atoms with van der Waals surface area (Å²) in [4.78, 5) is 16.9. The Hall–Kier alpha value is -1.39. The SMILES string of the molecule is Cc1ccccc1C(=O)NC(C)N1CCN(C)CC1. The van der Waals surface area contributed by atoms with Gasteiger partial charge in [0.25, 0.3) is 5.91 Å². The zero-order chi connectivity index (χ0) is 13.8. The molecule has 19 heavy (non-hydrogen) atoms. The van der Waals surface area contributed by atoms with Crippen molar-refractivity contribution in [2.45, 2.75) is 20.0 Å². The highest BCUT2D eigenvalue weighted by atomic mass is 16.1. The minimum absolute atomic E-state index is 0.0181. The number of rotatable bonds is 3. The molecule has 1 amide bonds. The van der Waals surface area contributed by atoms with Crippen molar-refractivity contribution in [1.29, 1.82) is 0 Å². The molecule has 1 N–H and O–H groups in total. The highest BCUT2D eigenvalue weighted by molar-refractivity contribution is 5.95. The molecule has 0 bridgehead atoms. The smallest absolute Gasteiger partial charge is 0.252 e. The van der Waals surface area contributed by atoms with Crippen LogP contribution in [-0.4, -0.2) is 55.1 Å². The Bertz CT molecular complexity index is 439. The molecule has 104 valence electrons. The second-order valence-electron chi connectivity index (χ2n) is 5.30. The summed E-state index contributed by atoms with van der Waals surface area (Å²) in [5.74, 6) is 0.0181. The lowest BCUT2D eigenvalue weighted by Gasteiger charge is -2.36. The van der Waals surface area contributed by atoms with Crippen molar-refractivity contribution >= 4 is 5.91 Å². The van der Waals surface area contributed by atoms with Crippen LogP contribution in [0.3, 0.4) is 0 Å². The summed E-state index contributed by atoms with van der Waals surface area (Å²) in [6.45, 7) is 8.16. The predicted octanol–water partition coefficient (Wildman–Crippen LogP) is 1.32. The molecular formula is C15H23N3O. The average molecular weight is 261 g/mol. The molecule has 4 nitrogen and oxygen atoms in total. The van der Waals surface area contributed by atoms with E-state index in [-0.39, 0.29) is 12.1 Å². The van der Waals surface area contributed by atoms with Crippen molar-refractivity contribution < 1.29 is 4.79 Å². The van der Waals surface area contributed by atoms with Gasteiger partial charge in [-0.25, -0.2) is 0 Å². The van der Waals surface area contributed by atoms with Gasteiger partial charge in [-0.15, -0.1) is 0 Å². The fourth-order valence-corrected chi connectivity index (χ4v) is 2.40. The van der Waals surface area contributed by atoms with E-state index in [2.05, 4.69) is 29.1 Å². The summed E-state index contributed by atoms with van der Waals surface area (Å²) in [5.41, 5.74) is 1.79. The summed E-state index contributed by atoms with van der Waals surface area (Å²) in [6, 6.07) is 7.70. The molecule has 0 spiro atoms. The van der Waals surface area contributed by atoms with Crippen LogP contribution in [-0.2, 0) is 0 Å². The van der Waals surface area contributed by atoms with Crippen molar-refractivity contribution in [1.82, 2.24) is 15.1 Å². The lowest BCUT2D eigenvalue weighted by atomic mass is 10.1. The second-order valence-corrected chi connectivity index (χ2v) is 5.30. The Morgan fingerprint density at radius 1 is 1.21 bits per heavy atom. The van der Waals surface area contributed by atoms with Gasteiger partial charge in [0, 0.05) is 31.7 Å². The maximum atomic E-state index is 12.2. The van der Waals surface area contributed by atoms with Crippen LogP contribution in [0.4, 0.5) is 0 Å². The van der Waals surface area contributed by atoms with Crippen molar-refractivity contribution in [3.63, 3.8) is 0 Å². The topological polar surface area (TPSA) is 35.6 Å². The number of likely N-dealkylation sites (N-methyl/N-ethyl adjacent to an activating group) is 1. The lowest BCUT2D eigenvalue weighted by Crippen LogP contribution is -2.53. The molecule has 1 fully saturated rings. The zero-order valence-corrected chi connectivity index (χ0v) is 12.0. The normalized spacial score (nSPS) is 19.1. The van der Waals surface area contributed by atoms with Crippen molar-refractivity contribution in [3.8, 4) is 0 Å². The fraction of sp³-hybridized carbons (Fsp3) is 0.533. The highest BCUT2D eigenvalue weighted by Gasteiger charge is 2.21. The first kappa shape index (κ1) is 14.0. The monoisotopic (exact) mass is 261 g/mol. The first-order valence-corrected chi connectivity index (χ1v) is 6.87. The number of piperazine rings is 1. The van der Waals surface area contributed by atoms with Crippen LogP contribution in [0.1, 0.15) is 22.8 Å². The maximum Gasteiger partial charge on any atom is 0.252 e. The van der Waals surface area contributed by atoms with Gasteiger partial charge in [0.1, 0.15) is 0 Å². The number of hydrogen-bond donors (Lipinski definition) is 1. The number of carbonyl (C=O) groups is 1. The third kappa shape index (κ3) is 3.55. The number of hydrogen-bond acceptors (Lipinski definition) is 3. The van der Waals surface area contributed by atoms with Crippen LogP contribution in [0.25, 0.3) is 0 Å². The lowest BCUT2D eigenvalue weighted by molar-refractivity contribution is 0.0762. The Balaban J connectivity index is 1.94. The minimum atomic E-state index is 0.0181. The van der Waals surface area contributed by atoms with E-state index in [4.69, 9.17) is 0 Å². The molecule has 1 heterocycles. The Labute approximate surface area is 115 Å². The number of aryl methyl sites for hydroxylation is 1. The molecule has 2 rings (SSSR count). The van der Waals surface area contributed by atoms with Crippen LogP contribution in [0.15, 0.2) is 24.3 Å². The van der Waals surface area contributed by atoms with E-state index in [0.29, 0.717) is 0 Å². The third-order valence-electron chi connectivity index (χ3n) is 3.82. The van der Waals surface area contributed by atoms with E-state index in [1.165, 1.54) is 0 Å². The molecule has 4 heteroatoms. The molecule has 0 aromatic heterocycles.